The Labute approximate surface area is 104 Å². The number of alkyl halides is 3. The minimum atomic E-state index is -4.40. The van der Waals surface area contributed by atoms with E-state index in [0.717, 1.165) is 11.6 Å². The Morgan fingerprint density at radius 3 is 2.50 bits per heavy atom. The van der Waals surface area contributed by atoms with Gasteiger partial charge in [0.15, 0.2) is 0 Å². The van der Waals surface area contributed by atoms with Gasteiger partial charge in [-0.2, -0.15) is 13.2 Å². The maximum absolute atomic E-state index is 12.7. The lowest BCUT2D eigenvalue weighted by Gasteiger charge is -2.29. The maximum atomic E-state index is 12.7. The summed E-state index contributed by atoms with van der Waals surface area (Å²) in [4.78, 5) is 5.64. The van der Waals surface area contributed by atoms with Gasteiger partial charge in [-0.3, -0.25) is 0 Å². The van der Waals surface area contributed by atoms with Gasteiger partial charge >= 0.3 is 6.18 Å². The third-order valence-electron chi connectivity index (χ3n) is 2.94. The predicted molar refractivity (Wildman–Crippen MR) is 61.6 cm³/mol. The molecule has 2 rings (SSSR count). The fourth-order valence-corrected chi connectivity index (χ4v) is 1.96. The quantitative estimate of drug-likeness (QED) is 0.817. The first-order valence-corrected chi connectivity index (χ1v) is 5.92. The van der Waals surface area contributed by atoms with E-state index >= 15 is 0 Å². The lowest BCUT2D eigenvalue weighted by molar-refractivity contribution is -0.141. The molecule has 0 aliphatic carbocycles. The number of pyridine rings is 1. The Morgan fingerprint density at radius 2 is 1.94 bits per heavy atom. The van der Waals surface area contributed by atoms with Gasteiger partial charge in [0, 0.05) is 13.1 Å². The van der Waals surface area contributed by atoms with Crippen LogP contribution in [0.1, 0.15) is 18.2 Å². The summed E-state index contributed by atoms with van der Waals surface area (Å²) in [7, 11) is 0. The highest BCUT2D eigenvalue weighted by atomic mass is 19.4. The summed E-state index contributed by atoms with van der Waals surface area (Å²) in [6.45, 7) is 4.14. The first-order chi connectivity index (χ1) is 8.52. The zero-order valence-electron chi connectivity index (χ0n) is 10.1. The van der Waals surface area contributed by atoms with Crippen LogP contribution in [0.3, 0.4) is 0 Å². The van der Waals surface area contributed by atoms with E-state index in [1.807, 2.05) is 11.8 Å². The van der Waals surface area contributed by atoms with E-state index in [4.69, 9.17) is 4.74 Å². The van der Waals surface area contributed by atoms with E-state index in [9.17, 15) is 13.2 Å². The van der Waals surface area contributed by atoms with Crippen molar-refractivity contribution in [3.63, 3.8) is 0 Å². The molecule has 0 N–H and O–H groups in total. The van der Waals surface area contributed by atoms with Crippen LogP contribution in [-0.4, -0.2) is 31.3 Å². The molecule has 6 heteroatoms. The summed E-state index contributed by atoms with van der Waals surface area (Å²) >= 11 is 0. The number of hydrogen-bond donors (Lipinski definition) is 0. The smallest absolute Gasteiger partial charge is 0.378 e. The van der Waals surface area contributed by atoms with Gasteiger partial charge in [0.1, 0.15) is 11.5 Å². The molecule has 0 spiro atoms. The van der Waals surface area contributed by atoms with Crippen molar-refractivity contribution in [2.45, 2.75) is 19.5 Å². The van der Waals surface area contributed by atoms with Crippen LogP contribution in [0.25, 0.3) is 0 Å². The number of rotatable bonds is 2. The average Bonchev–Trinajstić information content (AvgIpc) is 2.38. The van der Waals surface area contributed by atoms with Crippen molar-refractivity contribution in [3.8, 4) is 0 Å². The molecule has 0 amide bonds. The fraction of sp³-hybridized carbons (Fsp3) is 0.583. The third kappa shape index (κ3) is 2.75. The molecule has 1 aromatic heterocycles. The molecule has 1 aromatic rings. The normalized spacial score (nSPS) is 17.0. The van der Waals surface area contributed by atoms with Crippen LogP contribution in [0.5, 0.6) is 0 Å². The van der Waals surface area contributed by atoms with Crippen molar-refractivity contribution in [1.29, 1.82) is 0 Å². The highest BCUT2D eigenvalue weighted by Gasteiger charge is 2.33. The molecule has 0 aromatic carbocycles. The second-order valence-corrected chi connectivity index (χ2v) is 4.13. The van der Waals surface area contributed by atoms with Gasteiger partial charge in [0.05, 0.1) is 13.2 Å². The van der Waals surface area contributed by atoms with Gasteiger partial charge in [-0.05, 0) is 18.1 Å². The SMILES string of the molecule is CCc1ccc(C(F)(F)F)nc1N1CCOCC1. The standard InChI is InChI=1S/C12H15F3N2O/c1-2-9-3-4-10(12(13,14)15)16-11(9)17-5-7-18-8-6-17/h3-4H,2,5-8H2,1H3. The molecule has 3 nitrogen and oxygen atoms in total. The summed E-state index contributed by atoms with van der Waals surface area (Å²) in [6.07, 6.45) is -3.73. The third-order valence-corrected chi connectivity index (χ3v) is 2.94. The van der Waals surface area contributed by atoms with Gasteiger partial charge in [0.25, 0.3) is 0 Å². The number of anilines is 1. The number of halogens is 3. The monoisotopic (exact) mass is 260 g/mol. The largest absolute Gasteiger partial charge is 0.433 e. The number of ether oxygens (including phenoxy) is 1. The zero-order valence-corrected chi connectivity index (χ0v) is 10.1. The zero-order chi connectivity index (χ0) is 13.2. The summed E-state index contributed by atoms with van der Waals surface area (Å²) in [5.41, 5.74) is 0.00564. The van der Waals surface area contributed by atoms with Crippen LogP contribution in [0, 0.1) is 0 Å². The summed E-state index contributed by atoms with van der Waals surface area (Å²) in [5, 5.41) is 0. The van der Waals surface area contributed by atoms with Crippen LogP contribution in [-0.2, 0) is 17.3 Å². The Hall–Kier alpha value is -1.30. The molecular formula is C12H15F3N2O. The Balaban J connectivity index is 2.35. The van der Waals surface area contributed by atoms with Gasteiger partial charge < -0.3 is 9.64 Å². The van der Waals surface area contributed by atoms with E-state index in [2.05, 4.69) is 4.98 Å². The molecule has 1 aliphatic rings. The molecule has 0 unspecified atom stereocenters. The lowest BCUT2D eigenvalue weighted by Crippen LogP contribution is -2.37. The molecule has 0 bridgehead atoms. The van der Waals surface area contributed by atoms with E-state index in [0.29, 0.717) is 38.5 Å². The van der Waals surface area contributed by atoms with Crippen LogP contribution in [0.2, 0.25) is 0 Å². The van der Waals surface area contributed by atoms with E-state index in [-0.39, 0.29) is 0 Å². The van der Waals surface area contributed by atoms with Crippen molar-refractivity contribution in [3.05, 3.63) is 23.4 Å². The number of morpholine rings is 1. The highest BCUT2D eigenvalue weighted by Crippen LogP contribution is 2.30. The molecule has 18 heavy (non-hydrogen) atoms. The molecule has 100 valence electrons. The summed E-state index contributed by atoms with van der Waals surface area (Å²) in [5.74, 6) is 0.440. The molecule has 1 saturated heterocycles. The minimum Gasteiger partial charge on any atom is -0.378 e. The number of nitrogens with zero attached hydrogens (tertiary/aromatic N) is 2. The molecule has 1 aliphatic heterocycles. The van der Waals surface area contributed by atoms with Crippen LogP contribution in [0.15, 0.2) is 12.1 Å². The maximum Gasteiger partial charge on any atom is 0.433 e. The van der Waals surface area contributed by atoms with Crippen LogP contribution in [0.4, 0.5) is 19.0 Å². The van der Waals surface area contributed by atoms with Crippen molar-refractivity contribution in [2.24, 2.45) is 0 Å². The van der Waals surface area contributed by atoms with Gasteiger partial charge in [-0.1, -0.05) is 13.0 Å². The summed E-state index contributed by atoms with van der Waals surface area (Å²) in [6, 6.07) is 2.56. The van der Waals surface area contributed by atoms with Crippen LogP contribution >= 0.6 is 0 Å². The molecule has 0 saturated carbocycles. The van der Waals surface area contributed by atoms with E-state index in [1.165, 1.54) is 6.07 Å². The van der Waals surface area contributed by atoms with Crippen molar-refractivity contribution >= 4 is 5.82 Å². The van der Waals surface area contributed by atoms with E-state index < -0.39 is 11.9 Å². The second-order valence-electron chi connectivity index (χ2n) is 4.13. The van der Waals surface area contributed by atoms with Gasteiger partial charge in [0.2, 0.25) is 0 Å². The fourth-order valence-electron chi connectivity index (χ4n) is 1.96. The Bertz CT molecular complexity index is 414. The molecule has 2 heterocycles. The summed E-state index contributed by atoms with van der Waals surface area (Å²) < 4.78 is 43.2. The molecule has 0 radical (unpaired) electrons. The van der Waals surface area contributed by atoms with Crippen molar-refractivity contribution in [1.82, 2.24) is 4.98 Å². The Morgan fingerprint density at radius 1 is 1.28 bits per heavy atom. The van der Waals surface area contributed by atoms with Crippen LogP contribution < -0.4 is 4.90 Å². The van der Waals surface area contributed by atoms with Crippen molar-refractivity contribution < 1.29 is 17.9 Å². The molecular weight excluding hydrogens is 245 g/mol. The van der Waals surface area contributed by atoms with E-state index in [1.54, 1.807) is 0 Å². The number of aromatic nitrogens is 1. The second kappa shape index (κ2) is 5.14. The molecule has 1 fully saturated rings. The average molecular weight is 260 g/mol. The van der Waals surface area contributed by atoms with Gasteiger partial charge in [-0.25, -0.2) is 4.98 Å². The number of hydrogen-bond acceptors (Lipinski definition) is 3. The first kappa shape index (κ1) is 13.1. The highest BCUT2D eigenvalue weighted by molar-refractivity contribution is 5.48. The Kier molecular flexibility index (Phi) is 3.75. The number of aryl methyl sites for hydroxylation is 1. The van der Waals surface area contributed by atoms with Gasteiger partial charge in [-0.15, -0.1) is 0 Å². The lowest BCUT2D eigenvalue weighted by atomic mass is 10.1. The predicted octanol–water partition coefficient (Wildman–Crippen LogP) is 2.50. The van der Waals surface area contributed by atoms with Crippen molar-refractivity contribution in [2.75, 3.05) is 31.2 Å². The minimum absolute atomic E-state index is 0.440. The first-order valence-electron chi connectivity index (χ1n) is 5.92. The molecule has 0 atom stereocenters. The topological polar surface area (TPSA) is 25.4 Å².